The van der Waals surface area contributed by atoms with Gasteiger partial charge in [0.1, 0.15) is 5.82 Å². The van der Waals surface area contributed by atoms with Gasteiger partial charge in [-0.2, -0.15) is 0 Å². The number of aryl methyl sites for hydroxylation is 1. The van der Waals surface area contributed by atoms with Crippen LogP contribution in [-0.4, -0.2) is 68.1 Å². The van der Waals surface area contributed by atoms with E-state index >= 15 is 0 Å². The molecule has 1 saturated heterocycles. The lowest BCUT2D eigenvalue weighted by atomic mass is 9.85. The van der Waals surface area contributed by atoms with Gasteiger partial charge < -0.3 is 20.4 Å². The number of piperidine rings is 1. The number of anilines is 1. The van der Waals surface area contributed by atoms with E-state index in [1.165, 1.54) is 0 Å². The number of pyridine rings is 1. The topological polar surface area (TPSA) is 72.9 Å². The maximum atomic E-state index is 12.8. The Morgan fingerprint density at radius 2 is 1.94 bits per heavy atom. The van der Waals surface area contributed by atoms with Crippen molar-refractivity contribution in [2.24, 2.45) is 10.4 Å². The summed E-state index contributed by atoms with van der Waals surface area (Å²) < 4.78 is 0. The molecular formula is C23H39IN6O. The molecule has 1 aromatic rings. The van der Waals surface area contributed by atoms with Crippen molar-refractivity contribution in [3.05, 3.63) is 23.9 Å². The van der Waals surface area contributed by atoms with Crippen molar-refractivity contribution in [3.8, 4) is 0 Å². The molecule has 0 spiro atoms. The summed E-state index contributed by atoms with van der Waals surface area (Å²) in [6.45, 7) is 7.46. The van der Waals surface area contributed by atoms with Gasteiger partial charge in [0.2, 0.25) is 5.91 Å². The standard InChI is InChI=1S/C23H38N6O.HI/c1-5-24-22(25-17-23(13-6-7-14-23)21(30)28(3)4)27-19-11-15-29(16-12-19)20-10-8-9-18(2)26-20;/h8-10,19H,5-7,11-17H2,1-4H3,(H2,24,25,27);1H. The number of amides is 1. The molecule has 2 heterocycles. The number of rotatable bonds is 6. The molecular weight excluding hydrogens is 503 g/mol. The van der Waals surface area contributed by atoms with Crippen LogP contribution in [0.4, 0.5) is 5.82 Å². The molecule has 1 aliphatic heterocycles. The highest BCUT2D eigenvalue weighted by molar-refractivity contribution is 14.0. The smallest absolute Gasteiger partial charge is 0.230 e. The van der Waals surface area contributed by atoms with Crippen molar-refractivity contribution in [1.29, 1.82) is 0 Å². The third kappa shape index (κ3) is 6.70. The molecule has 8 heteroatoms. The summed E-state index contributed by atoms with van der Waals surface area (Å²) in [5, 5.41) is 6.99. The number of guanidine groups is 1. The highest BCUT2D eigenvalue weighted by Crippen LogP contribution is 2.39. The van der Waals surface area contributed by atoms with Gasteiger partial charge in [0.15, 0.2) is 5.96 Å². The van der Waals surface area contributed by atoms with Gasteiger partial charge in [-0.15, -0.1) is 24.0 Å². The summed E-state index contributed by atoms with van der Waals surface area (Å²) in [5.74, 6) is 2.13. The SMILES string of the molecule is CCNC(=NCC1(C(=O)N(C)C)CCCC1)NC1CCN(c2cccc(C)n2)CC1.I. The molecule has 1 amide bonds. The number of nitrogens with one attached hydrogen (secondary N) is 2. The van der Waals surface area contributed by atoms with Crippen LogP contribution in [0, 0.1) is 12.3 Å². The van der Waals surface area contributed by atoms with Crippen LogP contribution in [0.15, 0.2) is 23.2 Å². The molecule has 1 aromatic heterocycles. The van der Waals surface area contributed by atoms with E-state index in [0.29, 0.717) is 12.6 Å². The first kappa shape index (κ1) is 25.7. The normalized spacial score (nSPS) is 19.0. The summed E-state index contributed by atoms with van der Waals surface area (Å²) in [4.78, 5) is 26.5. The van der Waals surface area contributed by atoms with E-state index in [2.05, 4.69) is 39.6 Å². The number of aliphatic imine (C=N–C) groups is 1. The van der Waals surface area contributed by atoms with E-state index in [1.54, 1.807) is 4.90 Å². The van der Waals surface area contributed by atoms with Gasteiger partial charge >= 0.3 is 0 Å². The molecule has 0 atom stereocenters. The first-order chi connectivity index (χ1) is 14.4. The van der Waals surface area contributed by atoms with Crippen molar-refractivity contribution < 1.29 is 4.79 Å². The number of carbonyl (C=O) groups is 1. The fourth-order valence-corrected chi connectivity index (χ4v) is 4.67. The Morgan fingerprint density at radius 3 is 2.52 bits per heavy atom. The van der Waals surface area contributed by atoms with Gasteiger partial charge in [-0.25, -0.2) is 4.98 Å². The largest absolute Gasteiger partial charge is 0.357 e. The average Bonchev–Trinajstić information content (AvgIpc) is 3.22. The van der Waals surface area contributed by atoms with Crippen molar-refractivity contribution in [1.82, 2.24) is 20.5 Å². The van der Waals surface area contributed by atoms with E-state index in [9.17, 15) is 4.79 Å². The van der Waals surface area contributed by atoms with Gasteiger partial charge in [-0.05, 0) is 51.7 Å². The number of carbonyl (C=O) groups excluding carboxylic acids is 1. The summed E-state index contributed by atoms with van der Waals surface area (Å²) >= 11 is 0. The van der Waals surface area contributed by atoms with Crippen LogP contribution in [0.1, 0.15) is 51.1 Å². The Hall–Kier alpha value is -1.58. The van der Waals surface area contributed by atoms with Crippen molar-refractivity contribution in [3.63, 3.8) is 0 Å². The molecule has 0 unspecified atom stereocenters. The van der Waals surface area contributed by atoms with E-state index in [4.69, 9.17) is 4.99 Å². The van der Waals surface area contributed by atoms with Crippen LogP contribution in [0.2, 0.25) is 0 Å². The summed E-state index contributed by atoms with van der Waals surface area (Å²) in [5.41, 5.74) is 0.730. The highest BCUT2D eigenvalue weighted by atomic mass is 127. The number of hydrogen-bond acceptors (Lipinski definition) is 4. The molecule has 0 bridgehead atoms. The zero-order valence-electron chi connectivity index (χ0n) is 19.5. The van der Waals surface area contributed by atoms with Crippen LogP contribution in [-0.2, 0) is 4.79 Å². The predicted octanol–water partition coefficient (Wildman–Crippen LogP) is 3.18. The first-order valence-corrected chi connectivity index (χ1v) is 11.4. The lowest BCUT2D eigenvalue weighted by Crippen LogP contribution is -2.49. The molecule has 0 radical (unpaired) electrons. The highest BCUT2D eigenvalue weighted by Gasteiger charge is 2.42. The third-order valence-corrected chi connectivity index (χ3v) is 6.34. The lowest BCUT2D eigenvalue weighted by Gasteiger charge is -2.34. The fourth-order valence-electron chi connectivity index (χ4n) is 4.67. The Morgan fingerprint density at radius 1 is 1.26 bits per heavy atom. The minimum Gasteiger partial charge on any atom is -0.357 e. The van der Waals surface area contributed by atoms with Crippen LogP contribution >= 0.6 is 24.0 Å². The molecule has 31 heavy (non-hydrogen) atoms. The van der Waals surface area contributed by atoms with Gasteiger partial charge in [0.25, 0.3) is 0 Å². The van der Waals surface area contributed by atoms with Gasteiger partial charge in [0, 0.05) is 45.5 Å². The molecule has 174 valence electrons. The minimum atomic E-state index is -0.327. The third-order valence-electron chi connectivity index (χ3n) is 6.34. The van der Waals surface area contributed by atoms with Crippen LogP contribution < -0.4 is 15.5 Å². The second-order valence-electron chi connectivity index (χ2n) is 8.93. The zero-order valence-corrected chi connectivity index (χ0v) is 21.8. The Labute approximate surface area is 204 Å². The van der Waals surface area contributed by atoms with Crippen LogP contribution in [0.25, 0.3) is 0 Å². The number of hydrogen-bond donors (Lipinski definition) is 2. The molecule has 7 nitrogen and oxygen atoms in total. The molecule has 2 N–H and O–H groups in total. The number of aromatic nitrogens is 1. The van der Waals surface area contributed by atoms with Crippen LogP contribution in [0.5, 0.6) is 0 Å². The van der Waals surface area contributed by atoms with Gasteiger partial charge in [-0.3, -0.25) is 9.79 Å². The van der Waals surface area contributed by atoms with E-state index in [1.807, 2.05) is 27.1 Å². The molecule has 1 saturated carbocycles. The van der Waals surface area contributed by atoms with E-state index < -0.39 is 0 Å². The molecule has 2 fully saturated rings. The Balaban J connectivity index is 0.00000341. The van der Waals surface area contributed by atoms with Gasteiger partial charge in [0.05, 0.1) is 12.0 Å². The number of halogens is 1. The average molecular weight is 543 g/mol. The zero-order chi connectivity index (χ0) is 21.6. The molecule has 1 aliphatic carbocycles. The van der Waals surface area contributed by atoms with Crippen molar-refractivity contribution in [2.75, 3.05) is 45.2 Å². The molecule has 2 aliphatic rings. The second-order valence-corrected chi connectivity index (χ2v) is 8.93. The first-order valence-electron chi connectivity index (χ1n) is 11.4. The monoisotopic (exact) mass is 542 g/mol. The summed E-state index contributed by atoms with van der Waals surface area (Å²) in [6, 6.07) is 6.59. The van der Waals surface area contributed by atoms with E-state index in [0.717, 1.165) is 75.6 Å². The maximum absolute atomic E-state index is 12.8. The minimum absolute atomic E-state index is 0. The fraction of sp³-hybridized carbons (Fsp3) is 0.696. The Bertz CT molecular complexity index is 739. The van der Waals surface area contributed by atoms with E-state index in [-0.39, 0.29) is 35.3 Å². The second kappa shape index (κ2) is 11.9. The summed E-state index contributed by atoms with van der Waals surface area (Å²) in [7, 11) is 3.71. The molecule has 3 rings (SSSR count). The Kier molecular flexibility index (Phi) is 9.84. The quantitative estimate of drug-likeness (QED) is 0.328. The lowest BCUT2D eigenvalue weighted by molar-refractivity contribution is -0.138. The van der Waals surface area contributed by atoms with Crippen molar-refractivity contribution >= 4 is 41.7 Å². The molecule has 0 aromatic carbocycles. The number of nitrogens with zero attached hydrogens (tertiary/aromatic N) is 4. The predicted molar refractivity (Wildman–Crippen MR) is 138 cm³/mol. The maximum Gasteiger partial charge on any atom is 0.230 e. The summed E-state index contributed by atoms with van der Waals surface area (Å²) in [6.07, 6.45) is 6.20. The van der Waals surface area contributed by atoms with Crippen LogP contribution in [0.3, 0.4) is 0 Å². The van der Waals surface area contributed by atoms with Gasteiger partial charge in [-0.1, -0.05) is 18.9 Å². The van der Waals surface area contributed by atoms with Crippen molar-refractivity contribution in [2.45, 2.75) is 58.4 Å².